The van der Waals surface area contributed by atoms with Gasteiger partial charge in [0.05, 0.1) is 12.0 Å². The SMILES string of the molecule is CNC(=O)[C@@](C)(CCn1cc(F)c2cc(-c3ccc(CNCCOC)cc3F)ccc2c1=O)S(C)(=O)=O. The maximum absolute atomic E-state index is 15.1. The summed E-state index contributed by atoms with van der Waals surface area (Å²) < 4.78 is 58.7. The lowest BCUT2D eigenvalue weighted by Crippen LogP contribution is -2.49. The van der Waals surface area contributed by atoms with Gasteiger partial charge in [-0.15, -0.1) is 0 Å². The Hall–Kier alpha value is -3.15. The number of pyridine rings is 1. The second kappa shape index (κ2) is 11.5. The van der Waals surface area contributed by atoms with Gasteiger partial charge in [-0.25, -0.2) is 17.2 Å². The van der Waals surface area contributed by atoms with Gasteiger partial charge in [0, 0.05) is 57.2 Å². The first kappa shape index (κ1) is 28.4. The molecule has 0 saturated carbocycles. The lowest BCUT2D eigenvalue weighted by Gasteiger charge is -2.26. The summed E-state index contributed by atoms with van der Waals surface area (Å²) in [5.74, 6) is -1.92. The van der Waals surface area contributed by atoms with Crippen LogP contribution in [0.15, 0.2) is 47.4 Å². The van der Waals surface area contributed by atoms with Crippen molar-refractivity contribution in [3.8, 4) is 11.1 Å². The lowest BCUT2D eigenvalue weighted by atomic mass is 10.00. The van der Waals surface area contributed by atoms with E-state index in [-0.39, 0.29) is 29.3 Å². The Bertz CT molecular complexity index is 1470. The van der Waals surface area contributed by atoms with Crippen LogP contribution in [0.3, 0.4) is 0 Å². The van der Waals surface area contributed by atoms with Crippen molar-refractivity contribution in [2.45, 2.75) is 31.2 Å². The molecule has 1 aromatic heterocycles. The number of hydrogen-bond donors (Lipinski definition) is 2. The van der Waals surface area contributed by atoms with E-state index in [1.54, 1.807) is 19.2 Å². The molecule has 3 rings (SSSR count). The van der Waals surface area contributed by atoms with Crippen LogP contribution in [0.4, 0.5) is 8.78 Å². The van der Waals surface area contributed by atoms with Gasteiger partial charge in [0.15, 0.2) is 9.84 Å². The molecule has 0 unspecified atom stereocenters. The van der Waals surface area contributed by atoms with E-state index in [1.165, 1.54) is 38.2 Å². The van der Waals surface area contributed by atoms with E-state index in [9.17, 15) is 22.4 Å². The second-order valence-corrected chi connectivity index (χ2v) is 11.5. The molecule has 0 aliphatic heterocycles. The van der Waals surface area contributed by atoms with E-state index in [2.05, 4.69) is 10.6 Å². The van der Waals surface area contributed by atoms with Crippen LogP contribution in [0.25, 0.3) is 21.9 Å². The average Bonchev–Trinajstić information content (AvgIpc) is 2.86. The van der Waals surface area contributed by atoms with Crippen LogP contribution in [0, 0.1) is 11.6 Å². The number of sulfone groups is 1. The Kier molecular flexibility index (Phi) is 8.83. The fourth-order valence-electron chi connectivity index (χ4n) is 4.06. The van der Waals surface area contributed by atoms with Gasteiger partial charge < -0.3 is 19.9 Å². The highest BCUT2D eigenvalue weighted by Crippen LogP contribution is 2.28. The maximum Gasteiger partial charge on any atom is 0.258 e. The molecule has 11 heteroatoms. The van der Waals surface area contributed by atoms with Crippen molar-refractivity contribution in [1.29, 1.82) is 0 Å². The van der Waals surface area contributed by atoms with E-state index in [1.807, 2.05) is 0 Å². The molecule has 0 bridgehead atoms. The molecule has 3 aromatic rings. The molecule has 1 amide bonds. The summed E-state index contributed by atoms with van der Waals surface area (Å²) in [5, 5.41) is 5.54. The minimum absolute atomic E-state index is 0.0145. The Balaban J connectivity index is 1.91. The number of carbonyl (C=O) groups excluding carboxylic acids is 1. The molecule has 37 heavy (non-hydrogen) atoms. The van der Waals surface area contributed by atoms with Gasteiger partial charge in [-0.2, -0.15) is 0 Å². The summed E-state index contributed by atoms with van der Waals surface area (Å²) in [7, 11) is -0.911. The number of halogens is 2. The van der Waals surface area contributed by atoms with Gasteiger partial charge in [0.1, 0.15) is 16.4 Å². The van der Waals surface area contributed by atoms with E-state index in [0.717, 1.165) is 22.6 Å². The van der Waals surface area contributed by atoms with E-state index in [0.29, 0.717) is 25.3 Å². The Morgan fingerprint density at radius 1 is 1.11 bits per heavy atom. The third kappa shape index (κ3) is 6.06. The summed E-state index contributed by atoms with van der Waals surface area (Å²) in [6.45, 7) is 2.70. The number of nitrogens with one attached hydrogen (secondary N) is 2. The van der Waals surface area contributed by atoms with Crippen LogP contribution in [0.1, 0.15) is 18.9 Å². The van der Waals surface area contributed by atoms with Crippen LogP contribution in [-0.2, 0) is 32.5 Å². The smallest absolute Gasteiger partial charge is 0.258 e. The number of benzene rings is 2. The van der Waals surface area contributed by atoms with Gasteiger partial charge >= 0.3 is 0 Å². The summed E-state index contributed by atoms with van der Waals surface area (Å²) in [4.78, 5) is 25.3. The molecule has 0 aliphatic carbocycles. The molecule has 1 atom stereocenters. The predicted octanol–water partition coefficient (Wildman–Crippen LogP) is 2.62. The third-order valence-electron chi connectivity index (χ3n) is 6.55. The average molecular weight is 536 g/mol. The molecule has 0 aliphatic rings. The molecule has 0 fully saturated rings. The van der Waals surface area contributed by atoms with Crippen molar-refractivity contribution < 1.29 is 26.7 Å². The minimum atomic E-state index is -3.83. The molecule has 0 radical (unpaired) electrons. The Morgan fingerprint density at radius 2 is 1.84 bits per heavy atom. The number of hydrogen-bond acceptors (Lipinski definition) is 6. The van der Waals surface area contributed by atoms with Gasteiger partial charge in [-0.05, 0) is 42.7 Å². The van der Waals surface area contributed by atoms with Gasteiger partial charge in [0.25, 0.3) is 5.56 Å². The Morgan fingerprint density at radius 3 is 2.46 bits per heavy atom. The number of nitrogens with zero attached hydrogens (tertiary/aromatic N) is 1. The second-order valence-electron chi connectivity index (χ2n) is 9.05. The van der Waals surface area contributed by atoms with Gasteiger partial charge in [-0.3, -0.25) is 9.59 Å². The highest BCUT2D eigenvalue weighted by atomic mass is 32.2. The summed E-state index contributed by atoms with van der Waals surface area (Å²) in [6.07, 6.45) is 1.69. The molecule has 2 N–H and O–H groups in total. The molecular formula is C26H31F2N3O5S. The van der Waals surface area contributed by atoms with E-state index < -0.39 is 37.7 Å². The largest absolute Gasteiger partial charge is 0.383 e. The number of aromatic nitrogens is 1. The van der Waals surface area contributed by atoms with Crippen molar-refractivity contribution in [2.24, 2.45) is 0 Å². The van der Waals surface area contributed by atoms with Crippen LogP contribution in [0.2, 0.25) is 0 Å². The molecular weight excluding hydrogens is 504 g/mol. The van der Waals surface area contributed by atoms with Crippen molar-refractivity contribution in [1.82, 2.24) is 15.2 Å². The van der Waals surface area contributed by atoms with Crippen molar-refractivity contribution >= 4 is 26.5 Å². The number of carbonyl (C=O) groups is 1. The quantitative estimate of drug-likeness (QED) is 0.366. The van der Waals surface area contributed by atoms with Crippen LogP contribution < -0.4 is 16.2 Å². The summed E-state index contributed by atoms with van der Waals surface area (Å²) >= 11 is 0. The normalized spacial score (nSPS) is 13.5. The van der Waals surface area contributed by atoms with Crippen LogP contribution in [0.5, 0.6) is 0 Å². The predicted molar refractivity (Wildman–Crippen MR) is 139 cm³/mol. The first-order chi connectivity index (χ1) is 17.4. The number of methoxy groups -OCH3 is 1. The van der Waals surface area contributed by atoms with Crippen LogP contribution >= 0.6 is 0 Å². The zero-order chi connectivity index (χ0) is 27.4. The number of ether oxygens (including phenoxy) is 1. The molecule has 200 valence electrons. The first-order valence-electron chi connectivity index (χ1n) is 11.7. The monoisotopic (exact) mass is 535 g/mol. The van der Waals surface area contributed by atoms with Gasteiger partial charge in [-0.1, -0.05) is 18.2 Å². The van der Waals surface area contributed by atoms with E-state index in [4.69, 9.17) is 4.74 Å². The Labute approximate surface area is 214 Å². The lowest BCUT2D eigenvalue weighted by molar-refractivity contribution is -0.123. The van der Waals surface area contributed by atoms with Crippen molar-refractivity contribution in [3.05, 3.63) is 70.1 Å². The molecule has 2 aromatic carbocycles. The number of fused-ring (bicyclic) bond motifs is 1. The molecule has 8 nitrogen and oxygen atoms in total. The standard InChI is InChI=1S/C26H31F2N3O5S/c1-26(25(33)29-2,37(4,34)35)9-11-31-16-23(28)21-14-18(6-8-20(21)24(31)32)19-7-5-17(13-22(19)27)15-30-10-12-36-3/h5-8,13-14,16,30H,9-12,15H2,1-4H3,(H,29,33)/t26-/m1/s1. The summed E-state index contributed by atoms with van der Waals surface area (Å²) in [6, 6.07) is 9.14. The first-order valence-corrected chi connectivity index (χ1v) is 13.5. The maximum atomic E-state index is 15.1. The zero-order valence-electron chi connectivity index (χ0n) is 21.2. The number of aryl methyl sites for hydroxylation is 1. The number of amides is 1. The number of rotatable bonds is 11. The minimum Gasteiger partial charge on any atom is -0.383 e. The molecule has 1 heterocycles. The van der Waals surface area contributed by atoms with Gasteiger partial charge in [0.2, 0.25) is 5.91 Å². The molecule has 0 saturated heterocycles. The topological polar surface area (TPSA) is 106 Å². The summed E-state index contributed by atoms with van der Waals surface area (Å²) in [5.41, 5.74) is 0.864. The fraction of sp³-hybridized carbons (Fsp3) is 0.385. The van der Waals surface area contributed by atoms with Crippen LogP contribution in [-0.4, -0.2) is 57.2 Å². The van der Waals surface area contributed by atoms with Crippen molar-refractivity contribution in [2.75, 3.05) is 33.6 Å². The highest BCUT2D eigenvalue weighted by molar-refractivity contribution is 7.92. The van der Waals surface area contributed by atoms with E-state index >= 15 is 4.39 Å². The third-order valence-corrected chi connectivity index (χ3v) is 8.58. The fourth-order valence-corrected chi connectivity index (χ4v) is 4.96. The molecule has 0 spiro atoms. The highest BCUT2D eigenvalue weighted by Gasteiger charge is 2.42. The van der Waals surface area contributed by atoms with Crippen molar-refractivity contribution in [3.63, 3.8) is 0 Å². The zero-order valence-corrected chi connectivity index (χ0v) is 22.0.